The van der Waals surface area contributed by atoms with Crippen LogP contribution in [0.4, 0.5) is 15.9 Å². The van der Waals surface area contributed by atoms with Crippen LogP contribution in [-0.2, 0) is 6.42 Å². The highest BCUT2D eigenvalue weighted by atomic mass is 19.1. The zero-order valence-electron chi connectivity index (χ0n) is 18.5. The lowest BCUT2D eigenvalue weighted by Crippen LogP contribution is -2.46. The largest absolute Gasteiger partial charge is 0.421 e. The topological polar surface area (TPSA) is 118 Å². The van der Waals surface area contributed by atoms with Crippen molar-refractivity contribution in [3.8, 4) is 11.8 Å². The Kier molecular flexibility index (Phi) is 4.58. The van der Waals surface area contributed by atoms with E-state index in [9.17, 15) is 4.39 Å². The van der Waals surface area contributed by atoms with Crippen LogP contribution in [0.15, 0.2) is 24.5 Å². The van der Waals surface area contributed by atoms with E-state index in [4.69, 9.17) is 15.5 Å². The van der Waals surface area contributed by atoms with Gasteiger partial charge in [-0.3, -0.25) is 0 Å². The summed E-state index contributed by atoms with van der Waals surface area (Å²) in [7, 11) is 1.76. The van der Waals surface area contributed by atoms with Gasteiger partial charge < -0.3 is 25.7 Å². The monoisotopic (exact) mass is 448 g/mol. The molecule has 1 saturated carbocycles. The van der Waals surface area contributed by atoms with Crippen LogP contribution in [0.5, 0.6) is 11.8 Å². The number of nitrogens with two attached hydrogens (primary N) is 1. The van der Waals surface area contributed by atoms with E-state index in [-0.39, 0.29) is 17.9 Å². The van der Waals surface area contributed by atoms with Crippen LogP contribution in [0.3, 0.4) is 0 Å². The Hall–Kier alpha value is -3.53. The summed E-state index contributed by atoms with van der Waals surface area (Å²) >= 11 is 0. The first-order valence-corrected chi connectivity index (χ1v) is 11.2. The zero-order valence-corrected chi connectivity index (χ0v) is 18.5. The summed E-state index contributed by atoms with van der Waals surface area (Å²) < 4.78 is 20.4. The molecule has 1 aromatic carbocycles. The minimum atomic E-state index is -0.323. The van der Waals surface area contributed by atoms with Crippen LogP contribution >= 0.6 is 0 Å². The number of ether oxygens (including phenoxy) is 1. The number of fused-ring (bicyclic) bond motifs is 4. The molecule has 10 heteroatoms. The number of hydrogen-bond acceptors (Lipinski definition) is 8. The van der Waals surface area contributed by atoms with Gasteiger partial charge in [-0.1, -0.05) is 6.92 Å². The quantitative estimate of drug-likeness (QED) is 0.426. The van der Waals surface area contributed by atoms with Gasteiger partial charge in [-0.05, 0) is 30.4 Å². The average Bonchev–Trinajstić information content (AvgIpc) is 3.36. The maximum Gasteiger partial charge on any atom is 0.326 e. The first kappa shape index (κ1) is 20.1. The Labute approximate surface area is 189 Å². The van der Waals surface area contributed by atoms with Gasteiger partial charge in [0.1, 0.15) is 23.1 Å². The Morgan fingerprint density at radius 3 is 2.76 bits per heavy atom. The van der Waals surface area contributed by atoms with E-state index in [1.165, 1.54) is 12.1 Å². The number of aromatic nitrogens is 5. The van der Waals surface area contributed by atoms with Gasteiger partial charge >= 0.3 is 6.01 Å². The molecule has 9 nitrogen and oxygen atoms in total. The number of benzene rings is 1. The molecule has 0 amide bonds. The van der Waals surface area contributed by atoms with Crippen molar-refractivity contribution in [3.63, 3.8) is 0 Å². The van der Waals surface area contributed by atoms with E-state index >= 15 is 0 Å². The van der Waals surface area contributed by atoms with Gasteiger partial charge in [-0.2, -0.15) is 9.97 Å². The van der Waals surface area contributed by atoms with Crippen LogP contribution in [0.1, 0.15) is 19.2 Å². The van der Waals surface area contributed by atoms with Crippen molar-refractivity contribution >= 4 is 33.4 Å². The van der Waals surface area contributed by atoms with E-state index in [1.807, 2.05) is 6.92 Å². The summed E-state index contributed by atoms with van der Waals surface area (Å²) in [5.41, 5.74) is 8.25. The van der Waals surface area contributed by atoms with Crippen molar-refractivity contribution in [1.29, 1.82) is 0 Å². The predicted octanol–water partition coefficient (Wildman–Crippen LogP) is 3.22. The summed E-state index contributed by atoms with van der Waals surface area (Å²) in [5.74, 6) is 2.60. The standard InChI is InChI=1S/C23H25FN8O/c1-3-18-27-7-13(8-28-18)33-23-30-21-19(14-5-12(24)6-17(26-2)20(14)29-21)22(31-23)32-9-11-4-16(25)15(11)10-32/h5-8,11,15-16,26H,3-4,9-10,25H2,1-2H3,(H,29,30,31). The fourth-order valence-corrected chi connectivity index (χ4v) is 5.11. The molecule has 4 N–H and O–H groups in total. The van der Waals surface area contributed by atoms with Gasteiger partial charge in [-0.15, -0.1) is 0 Å². The van der Waals surface area contributed by atoms with Crippen molar-refractivity contribution in [2.24, 2.45) is 17.6 Å². The third-order valence-corrected chi connectivity index (χ3v) is 6.88. The van der Waals surface area contributed by atoms with E-state index in [0.717, 1.165) is 53.9 Å². The molecule has 170 valence electrons. The number of H-pyrrole nitrogens is 1. The Morgan fingerprint density at radius 1 is 1.24 bits per heavy atom. The Bertz CT molecular complexity index is 1350. The van der Waals surface area contributed by atoms with Gasteiger partial charge in [0.25, 0.3) is 0 Å². The molecule has 3 unspecified atom stereocenters. The second-order valence-corrected chi connectivity index (χ2v) is 8.82. The molecule has 1 aliphatic carbocycles. The highest BCUT2D eigenvalue weighted by Gasteiger charge is 2.46. The van der Waals surface area contributed by atoms with Crippen molar-refractivity contribution in [3.05, 3.63) is 36.2 Å². The smallest absolute Gasteiger partial charge is 0.326 e. The highest BCUT2D eigenvalue weighted by molar-refractivity contribution is 6.14. The Morgan fingerprint density at radius 2 is 2.06 bits per heavy atom. The first-order chi connectivity index (χ1) is 16.0. The summed E-state index contributed by atoms with van der Waals surface area (Å²) in [6.07, 6.45) is 5.00. The molecule has 33 heavy (non-hydrogen) atoms. The third kappa shape index (κ3) is 3.24. The van der Waals surface area contributed by atoms with E-state index in [2.05, 4.69) is 30.2 Å². The third-order valence-electron chi connectivity index (χ3n) is 6.88. The zero-order chi connectivity index (χ0) is 22.7. The highest BCUT2D eigenvalue weighted by Crippen LogP contribution is 2.44. The molecule has 2 aliphatic rings. The number of aryl methyl sites for hydroxylation is 1. The van der Waals surface area contributed by atoms with E-state index < -0.39 is 0 Å². The average molecular weight is 449 g/mol. The van der Waals surface area contributed by atoms with Crippen LogP contribution < -0.4 is 20.7 Å². The molecule has 0 bridgehead atoms. The SMILES string of the molecule is CCc1ncc(Oc2nc(N3CC4CC(N)C4C3)c3c(n2)[nH]c2c(NC)cc(F)cc23)cn1. The van der Waals surface area contributed by atoms with Gasteiger partial charge in [-0.25, -0.2) is 14.4 Å². The van der Waals surface area contributed by atoms with Crippen LogP contribution in [0.25, 0.3) is 21.9 Å². The minimum absolute atomic E-state index is 0.187. The molecule has 0 spiro atoms. The fourth-order valence-electron chi connectivity index (χ4n) is 5.11. The molecule has 1 saturated heterocycles. The second kappa shape index (κ2) is 7.51. The summed E-state index contributed by atoms with van der Waals surface area (Å²) in [6.45, 7) is 3.66. The molecule has 4 heterocycles. The molecule has 0 radical (unpaired) electrons. The summed E-state index contributed by atoms with van der Waals surface area (Å²) in [5, 5.41) is 4.57. The van der Waals surface area contributed by atoms with Crippen LogP contribution in [0.2, 0.25) is 0 Å². The lowest BCUT2D eigenvalue weighted by atomic mass is 9.72. The molecule has 4 aromatic rings. The normalized spacial score (nSPS) is 21.9. The van der Waals surface area contributed by atoms with Gasteiger partial charge in [0.15, 0.2) is 5.75 Å². The second-order valence-electron chi connectivity index (χ2n) is 8.82. The van der Waals surface area contributed by atoms with E-state index in [1.54, 1.807) is 19.4 Å². The molecule has 3 aromatic heterocycles. The number of nitrogens with one attached hydrogen (secondary N) is 2. The van der Waals surface area contributed by atoms with Gasteiger partial charge in [0.05, 0.1) is 29.0 Å². The van der Waals surface area contributed by atoms with Crippen molar-refractivity contribution < 1.29 is 9.13 Å². The molecular formula is C23H25FN8O. The van der Waals surface area contributed by atoms with E-state index in [0.29, 0.717) is 28.9 Å². The number of aromatic amines is 1. The summed E-state index contributed by atoms with van der Waals surface area (Å²) in [4.78, 5) is 23.5. The molecule has 3 atom stereocenters. The first-order valence-electron chi connectivity index (χ1n) is 11.2. The number of halogens is 1. The lowest BCUT2D eigenvalue weighted by Gasteiger charge is -2.36. The van der Waals surface area contributed by atoms with Crippen molar-refractivity contribution in [1.82, 2.24) is 24.9 Å². The summed E-state index contributed by atoms with van der Waals surface area (Å²) in [6, 6.07) is 3.39. The maximum absolute atomic E-state index is 14.4. The lowest BCUT2D eigenvalue weighted by molar-refractivity contribution is 0.194. The number of hydrogen-bond donors (Lipinski definition) is 3. The number of nitrogens with zero attached hydrogens (tertiary/aromatic N) is 5. The maximum atomic E-state index is 14.4. The molecule has 6 rings (SSSR count). The van der Waals surface area contributed by atoms with Gasteiger partial charge in [0, 0.05) is 38.0 Å². The van der Waals surface area contributed by atoms with Crippen molar-refractivity contribution in [2.45, 2.75) is 25.8 Å². The number of rotatable bonds is 5. The van der Waals surface area contributed by atoms with Gasteiger partial charge in [0.2, 0.25) is 0 Å². The molecular weight excluding hydrogens is 423 g/mol. The van der Waals surface area contributed by atoms with Crippen LogP contribution in [-0.4, -0.2) is 51.1 Å². The molecule has 1 aliphatic heterocycles. The minimum Gasteiger partial charge on any atom is -0.421 e. The Balaban J connectivity index is 1.50. The molecule has 2 fully saturated rings. The number of anilines is 2. The van der Waals surface area contributed by atoms with Crippen molar-refractivity contribution in [2.75, 3.05) is 30.4 Å². The van der Waals surface area contributed by atoms with Crippen LogP contribution in [0, 0.1) is 17.7 Å². The fraction of sp³-hybridized carbons (Fsp3) is 0.391. The predicted molar refractivity (Wildman–Crippen MR) is 124 cm³/mol.